The first-order chi connectivity index (χ1) is 9.61. The molecule has 20 heavy (non-hydrogen) atoms. The minimum Gasteiger partial charge on any atom is -0.394 e. The second-order valence-electron chi connectivity index (χ2n) is 5.63. The van der Waals surface area contributed by atoms with E-state index in [0.717, 1.165) is 25.8 Å². The fraction of sp³-hybridized carbons (Fsp3) is 0.562. The number of rotatable bonds is 5. The molecule has 1 heterocycles. The Morgan fingerprint density at radius 2 is 2.05 bits per heavy atom. The lowest BCUT2D eigenvalue weighted by atomic mass is 10.1. The van der Waals surface area contributed by atoms with Crippen LogP contribution in [-0.4, -0.2) is 49.2 Å². The number of carbonyl (C=O) groups is 1. The molecule has 4 heteroatoms. The van der Waals surface area contributed by atoms with Crippen LogP contribution in [0.3, 0.4) is 0 Å². The smallest absolute Gasteiger partial charge is 0.223 e. The van der Waals surface area contributed by atoms with Crippen molar-refractivity contribution < 1.29 is 9.90 Å². The largest absolute Gasteiger partial charge is 0.394 e. The van der Waals surface area contributed by atoms with E-state index in [4.69, 9.17) is 0 Å². The molecule has 1 saturated heterocycles. The second kappa shape index (κ2) is 6.75. The Hall–Kier alpha value is -1.55. The van der Waals surface area contributed by atoms with Crippen LogP contribution < -0.4 is 4.90 Å². The number of aliphatic hydroxyl groups excluding tert-OH is 1. The van der Waals surface area contributed by atoms with Gasteiger partial charge in [0.25, 0.3) is 0 Å². The molecule has 4 nitrogen and oxygen atoms in total. The van der Waals surface area contributed by atoms with Crippen LogP contribution in [0.1, 0.15) is 24.8 Å². The molecule has 1 aromatic carbocycles. The number of amides is 1. The molecule has 0 spiro atoms. The van der Waals surface area contributed by atoms with Crippen molar-refractivity contribution in [2.75, 3.05) is 32.1 Å². The Balaban J connectivity index is 1.87. The third-order valence-electron chi connectivity index (χ3n) is 3.99. The molecular weight excluding hydrogens is 252 g/mol. The van der Waals surface area contributed by atoms with Crippen LogP contribution in [0, 0.1) is 0 Å². The van der Waals surface area contributed by atoms with Gasteiger partial charge < -0.3 is 14.9 Å². The van der Waals surface area contributed by atoms with Crippen molar-refractivity contribution in [1.29, 1.82) is 0 Å². The van der Waals surface area contributed by atoms with Crippen LogP contribution in [0.4, 0.5) is 5.69 Å². The van der Waals surface area contributed by atoms with Crippen molar-refractivity contribution >= 4 is 11.6 Å². The van der Waals surface area contributed by atoms with E-state index in [-0.39, 0.29) is 18.6 Å². The molecular formula is C16H24N2O2. The third-order valence-corrected chi connectivity index (χ3v) is 3.99. The average molecular weight is 276 g/mol. The highest BCUT2D eigenvalue weighted by Gasteiger charge is 2.27. The number of carbonyl (C=O) groups excluding carboxylic acids is 1. The summed E-state index contributed by atoms with van der Waals surface area (Å²) in [7, 11) is 4.03. The minimum atomic E-state index is 0.0404. The van der Waals surface area contributed by atoms with Gasteiger partial charge in [0.1, 0.15) is 0 Å². The molecule has 1 aliphatic rings. The molecule has 1 amide bonds. The normalized spacial score (nSPS) is 18.4. The Labute approximate surface area is 121 Å². The number of aryl methyl sites for hydroxylation is 1. The van der Waals surface area contributed by atoms with Crippen LogP contribution in [0.15, 0.2) is 24.3 Å². The van der Waals surface area contributed by atoms with E-state index in [0.29, 0.717) is 6.42 Å². The predicted octanol–water partition coefficient (Wildman–Crippen LogP) is 1.67. The van der Waals surface area contributed by atoms with Crippen LogP contribution in [0.25, 0.3) is 0 Å². The molecule has 0 bridgehead atoms. The van der Waals surface area contributed by atoms with Crippen molar-refractivity contribution in [3.05, 3.63) is 29.8 Å². The zero-order valence-electron chi connectivity index (χ0n) is 12.4. The van der Waals surface area contributed by atoms with Gasteiger partial charge in [-0.15, -0.1) is 0 Å². The highest BCUT2D eigenvalue weighted by molar-refractivity contribution is 5.77. The standard InChI is InChI=1S/C16H24N2O2/c1-17(2)14-8-5-13(6-9-14)7-10-16(20)18-11-3-4-15(18)12-19/h5-6,8-9,15,19H,3-4,7,10-12H2,1-2H3/t15-/m0/s1. The highest BCUT2D eigenvalue weighted by Crippen LogP contribution is 2.19. The van der Waals surface area contributed by atoms with Crippen LogP contribution in [0.5, 0.6) is 0 Å². The molecule has 1 aromatic rings. The third kappa shape index (κ3) is 3.51. The highest BCUT2D eigenvalue weighted by atomic mass is 16.3. The van der Waals surface area contributed by atoms with E-state index in [9.17, 15) is 9.90 Å². The number of nitrogens with zero attached hydrogens (tertiary/aromatic N) is 2. The summed E-state index contributed by atoms with van der Waals surface area (Å²) in [6, 6.07) is 8.35. The summed E-state index contributed by atoms with van der Waals surface area (Å²) in [5, 5.41) is 9.25. The van der Waals surface area contributed by atoms with Gasteiger partial charge in [0.15, 0.2) is 0 Å². The van der Waals surface area contributed by atoms with E-state index in [1.165, 1.54) is 11.3 Å². The summed E-state index contributed by atoms with van der Waals surface area (Å²) in [6.45, 7) is 0.882. The van der Waals surface area contributed by atoms with E-state index in [2.05, 4.69) is 29.2 Å². The van der Waals surface area contributed by atoms with Crippen molar-refractivity contribution in [1.82, 2.24) is 4.90 Å². The summed E-state index contributed by atoms with van der Waals surface area (Å²) >= 11 is 0. The lowest BCUT2D eigenvalue weighted by molar-refractivity contribution is -0.132. The molecule has 0 radical (unpaired) electrons. The monoisotopic (exact) mass is 276 g/mol. The van der Waals surface area contributed by atoms with Crippen LogP contribution in [-0.2, 0) is 11.2 Å². The van der Waals surface area contributed by atoms with Gasteiger partial charge in [-0.3, -0.25) is 4.79 Å². The van der Waals surface area contributed by atoms with Crippen LogP contribution in [0.2, 0.25) is 0 Å². The molecule has 1 aliphatic heterocycles. The van der Waals surface area contributed by atoms with E-state index >= 15 is 0 Å². The fourth-order valence-electron chi connectivity index (χ4n) is 2.71. The maximum atomic E-state index is 12.2. The summed E-state index contributed by atoms with van der Waals surface area (Å²) in [6.07, 6.45) is 3.23. The lowest BCUT2D eigenvalue weighted by Crippen LogP contribution is -2.37. The van der Waals surface area contributed by atoms with E-state index in [1.807, 2.05) is 19.0 Å². The second-order valence-corrected chi connectivity index (χ2v) is 5.63. The Kier molecular flexibility index (Phi) is 5.01. The fourth-order valence-corrected chi connectivity index (χ4v) is 2.71. The Morgan fingerprint density at radius 1 is 1.35 bits per heavy atom. The van der Waals surface area contributed by atoms with Gasteiger partial charge in [-0.25, -0.2) is 0 Å². The quantitative estimate of drug-likeness (QED) is 0.889. The molecule has 1 N–H and O–H groups in total. The number of hydrogen-bond acceptors (Lipinski definition) is 3. The number of hydrogen-bond donors (Lipinski definition) is 1. The lowest BCUT2D eigenvalue weighted by Gasteiger charge is -2.23. The summed E-state index contributed by atoms with van der Waals surface area (Å²) in [4.78, 5) is 16.1. The minimum absolute atomic E-state index is 0.0404. The van der Waals surface area contributed by atoms with Crippen LogP contribution >= 0.6 is 0 Å². The molecule has 0 saturated carbocycles. The number of benzene rings is 1. The number of aliphatic hydroxyl groups is 1. The first-order valence-corrected chi connectivity index (χ1v) is 7.28. The first-order valence-electron chi connectivity index (χ1n) is 7.28. The zero-order chi connectivity index (χ0) is 14.5. The van der Waals surface area contributed by atoms with E-state index in [1.54, 1.807) is 0 Å². The van der Waals surface area contributed by atoms with E-state index < -0.39 is 0 Å². The van der Waals surface area contributed by atoms with Gasteiger partial charge in [-0.05, 0) is 37.0 Å². The van der Waals surface area contributed by atoms with Crippen molar-refractivity contribution in [2.45, 2.75) is 31.7 Å². The summed E-state index contributed by atoms with van der Waals surface area (Å²) in [5.74, 6) is 0.165. The topological polar surface area (TPSA) is 43.8 Å². The molecule has 2 rings (SSSR count). The van der Waals surface area contributed by atoms with Gasteiger partial charge >= 0.3 is 0 Å². The van der Waals surface area contributed by atoms with Crippen molar-refractivity contribution in [3.63, 3.8) is 0 Å². The van der Waals surface area contributed by atoms with Gasteiger partial charge in [0, 0.05) is 32.7 Å². The van der Waals surface area contributed by atoms with Gasteiger partial charge in [0.05, 0.1) is 12.6 Å². The molecule has 0 unspecified atom stereocenters. The maximum Gasteiger partial charge on any atom is 0.223 e. The predicted molar refractivity (Wildman–Crippen MR) is 80.9 cm³/mol. The molecule has 1 atom stereocenters. The van der Waals surface area contributed by atoms with Gasteiger partial charge in [-0.2, -0.15) is 0 Å². The summed E-state index contributed by atoms with van der Waals surface area (Å²) < 4.78 is 0. The molecule has 0 aromatic heterocycles. The Morgan fingerprint density at radius 3 is 2.65 bits per heavy atom. The molecule has 0 aliphatic carbocycles. The SMILES string of the molecule is CN(C)c1ccc(CCC(=O)N2CCC[C@H]2CO)cc1. The average Bonchev–Trinajstić information content (AvgIpc) is 2.93. The van der Waals surface area contributed by atoms with Crippen molar-refractivity contribution in [3.8, 4) is 0 Å². The maximum absolute atomic E-state index is 12.2. The van der Waals surface area contributed by atoms with Crippen molar-refractivity contribution in [2.24, 2.45) is 0 Å². The molecule has 1 fully saturated rings. The zero-order valence-corrected chi connectivity index (χ0v) is 12.4. The summed E-state index contributed by atoms with van der Waals surface area (Å²) in [5.41, 5.74) is 2.35. The number of anilines is 1. The number of likely N-dealkylation sites (tertiary alicyclic amines) is 1. The van der Waals surface area contributed by atoms with Gasteiger partial charge in [-0.1, -0.05) is 12.1 Å². The molecule has 110 valence electrons. The first kappa shape index (κ1) is 14.9. The van der Waals surface area contributed by atoms with Gasteiger partial charge in [0.2, 0.25) is 5.91 Å². The Bertz CT molecular complexity index is 442.